The van der Waals surface area contributed by atoms with E-state index in [1.54, 1.807) is 30.3 Å². The minimum atomic E-state index is -0.900. The second kappa shape index (κ2) is 10.7. The van der Waals surface area contributed by atoms with Gasteiger partial charge in [-0.1, -0.05) is 24.0 Å². The van der Waals surface area contributed by atoms with Gasteiger partial charge in [-0.3, -0.25) is 0 Å². The molecule has 0 fully saturated rings. The number of aliphatic hydroxyl groups is 3. The molecule has 0 heterocycles. The zero-order chi connectivity index (χ0) is 18.8. The third-order valence-electron chi connectivity index (χ3n) is 3.35. The predicted octanol–water partition coefficient (Wildman–Crippen LogP) is 1.80. The van der Waals surface area contributed by atoms with Crippen molar-refractivity contribution in [3.8, 4) is 23.3 Å². The summed E-state index contributed by atoms with van der Waals surface area (Å²) in [6.45, 7) is -0.207. The Kier molecular flexibility index (Phi) is 8.26. The number of hydrogen-bond donors (Lipinski definition) is 3. The van der Waals surface area contributed by atoms with Gasteiger partial charge >= 0.3 is 0 Å². The predicted molar refractivity (Wildman–Crippen MR) is 99.7 cm³/mol. The average Bonchev–Trinajstić information content (AvgIpc) is 2.69. The van der Waals surface area contributed by atoms with Gasteiger partial charge in [0.05, 0.1) is 18.1 Å². The highest BCUT2D eigenvalue weighted by Gasteiger charge is 2.06. The molecule has 0 aliphatic heterocycles. The number of rotatable bonds is 8. The Balaban J connectivity index is 2.02. The van der Waals surface area contributed by atoms with Crippen molar-refractivity contribution < 1.29 is 24.8 Å². The van der Waals surface area contributed by atoms with Crippen molar-refractivity contribution in [2.24, 2.45) is 0 Å². The van der Waals surface area contributed by atoms with Crippen molar-refractivity contribution in [2.75, 3.05) is 25.7 Å². The first-order valence-electron chi connectivity index (χ1n) is 8.12. The number of para-hydroxylation sites is 1. The van der Waals surface area contributed by atoms with Crippen LogP contribution in [-0.2, 0) is 0 Å². The molecule has 6 heteroatoms. The Labute approximate surface area is 157 Å². The molecule has 2 rings (SSSR count). The van der Waals surface area contributed by atoms with E-state index in [0.717, 1.165) is 5.56 Å². The lowest BCUT2D eigenvalue weighted by Gasteiger charge is -2.10. The van der Waals surface area contributed by atoms with Gasteiger partial charge in [0, 0.05) is 5.56 Å². The maximum absolute atomic E-state index is 9.50. The van der Waals surface area contributed by atoms with Gasteiger partial charge in [0.1, 0.15) is 36.9 Å². The van der Waals surface area contributed by atoms with Crippen LogP contribution in [0.3, 0.4) is 0 Å². The van der Waals surface area contributed by atoms with Crippen LogP contribution in [-0.4, -0.2) is 53.2 Å². The summed E-state index contributed by atoms with van der Waals surface area (Å²) in [4.78, 5) is 0. The summed E-state index contributed by atoms with van der Waals surface area (Å²) < 4.78 is 10.9. The van der Waals surface area contributed by atoms with Crippen LogP contribution in [0.5, 0.6) is 11.5 Å². The third-order valence-corrected chi connectivity index (χ3v) is 3.70. The molecule has 1 unspecified atom stereocenters. The summed E-state index contributed by atoms with van der Waals surface area (Å²) in [5.41, 5.74) is 1.50. The van der Waals surface area contributed by atoms with Crippen molar-refractivity contribution in [1.29, 1.82) is 0 Å². The standard InChI is InChI=1S/C20H21ClO5/c21-11-17(23)13-26-20-4-2-1-3-16(20)8-5-15-6-9-19(10-7-15)25-14-18(24)12-22/h1-4,6-7,9-10,17-18,22-24H,11-14H2/t17-,18?/m1/s1. The first-order chi connectivity index (χ1) is 12.6. The highest BCUT2D eigenvalue weighted by atomic mass is 35.5. The smallest absolute Gasteiger partial charge is 0.135 e. The number of alkyl halides is 1. The van der Waals surface area contributed by atoms with E-state index in [2.05, 4.69) is 11.8 Å². The van der Waals surface area contributed by atoms with E-state index in [4.69, 9.17) is 26.2 Å². The molecule has 3 N–H and O–H groups in total. The van der Waals surface area contributed by atoms with Gasteiger partial charge in [-0.15, -0.1) is 11.6 Å². The van der Waals surface area contributed by atoms with Crippen LogP contribution < -0.4 is 9.47 Å². The lowest BCUT2D eigenvalue weighted by atomic mass is 10.1. The van der Waals surface area contributed by atoms with Crippen LogP contribution in [0, 0.1) is 11.8 Å². The van der Waals surface area contributed by atoms with Crippen molar-refractivity contribution in [1.82, 2.24) is 0 Å². The van der Waals surface area contributed by atoms with Crippen molar-refractivity contribution in [3.63, 3.8) is 0 Å². The van der Waals surface area contributed by atoms with Crippen LogP contribution in [0.2, 0.25) is 0 Å². The maximum Gasteiger partial charge on any atom is 0.135 e. The maximum atomic E-state index is 9.50. The lowest BCUT2D eigenvalue weighted by Crippen LogP contribution is -2.21. The van der Waals surface area contributed by atoms with E-state index in [0.29, 0.717) is 17.1 Å². The monoisotopic (exact) mass is 376 g/mol. The number of ether oxygens (including phenoxy) is 2. The van der Waals surface area contributed by atoms with E-state index in [1.807, 2.05) is 18.2 Å². The Morgan fingerprint density at radius 2 is 1.58 bits per heavy atom. The van der Waals surface area contributed by atoms with E-state index >= 15 is 0 Å². The fraction of sp³-hybridized carbons (Fsp3) is 0.300. The second-order valence-electron chi connectivity index (χ2n) is 5.54. The molecule has 5 nitrogen and oxygen atoms in total. The van der Waals surface area contributed by atoms with E-state index in [9.17, 15) is 10.2 Å². The first kappa shape index (κ1) is 20.1. The van der Waals surface area contributed by atoms with E-state index in [1.165, 1.54) is 0 Å². The SMILES string of the molecule is OCC(O)COc1ccc(C#Cc2ccccc2OC[C@H](O)CCl)cc1. The van der Waals surface area contributed by atoms with Gasteiger partial charge < -0.3 is 24.8 Å². The van der Waals surface area contributed by atoms with E-state index in [-0.39, 0.29) is 25.7 Å². The highest BCUT2D eigenvalue weighted by Crippen LogP contribution is 2.18. The number of halogens is 1. The average molecular weight is 377 g/mol. The largest absolute Gasteiger partial charge is 0.491 e. The molecule has 0 amide bonds. The zero-order valence-electron chi connectivity index (χ0n) is 14.1. The summed E-state index contributed by atoms with van der Waals surface area (Å²) in [6, 6.07) is 14.4. The Bertz CT molecular complexity index is 736. The molecule has 2 atom stereocenters. The molecule has 0 saturated heterocycles. The molecule has 0 aliphatic rings. The van der Waals surface area contributed by atoms with Gasteiger partial charge in [-0.25, -0.2) is 0 Å². The first-order valence-corrected chi connectivity index (χ1v) is 8.65. The van der Waals surface area contributed by atoms with Crippen LogP contribution >= 0.6 is 11.6 Å². The molecular formula is C20H21ClO5. The van der Waals surface area contributed by atoms with Crippen molar-refractivity contribution in [2.45, 2.75) is 12.2 Å². The molecule has 2 aromatic carbocycles. The van der Waals surface area contributed by atoms with Crippen molar-refractivity contribution in [3.05, 3.63) is 59.7 Å². The normalized spacial score (nSPS) is 12.6. The number of benzene rings is 2. The molecular weight excluding hydrogens is 356 g/mol. The van der Waals surface area contributed by atoms with Gasteiger partial charge in [-0.2, -0.15) is 0 Å². The van der Waals surface area contributed by atoms with E-state index < -0.39 is 12.2 Å². The quantitative estimate of drug-likeness (QED) is 0.483. The van der Waals surface area contributed by atoms with Gasteiger partial charge in [0.2, 0.25) is 0 Å². The summed E-state index contributed by atoms with van der Waals surface area (Å²) in [5.74, 6) is 7.37. The molecule has 0 radical (unpaired) electrons. The van der Waals surface area contributed by atoms with Gasteiger partial charge in [0.15, 0.2) is 0 Å². The summed E-state index contributed by atoms with van der Waals surface area (Å²) in [5, 5.41) is 27.5. The molecule has 0 spiro atoms. The summed E-state index contributed by atoms with van der Waals surface area (Å²) in [7, 11) is 0. The Morgan fingerprint density at radius 1 is 0.885 bits per heavy atom. The van der Waals surface area contributed by atoms with Gasteiger partial charge in [0.25, 0.3) is 0 Å². The minimum Gasteiger partial charge on any atom is -0.491 e. The highest BCUT2D eigenvalue weighted by molar-refractivity contribution is 6.18. The molecule has 0 saturated carbocycles. The van der Waals surface area contributed by atoms with Crippen LogP contribution in [0.4, 0.5) is 0 Å². The molecule has 0 bridgehead atoms. The minimum absolute atomic E-state index is 0.0282. The Morgan fingerprint density at radius 3 is 2.27 bits per heavy atom. The number of hydrogen-bond acceptors (Lipinski definition) is 5. The molecule has 0 aliphatic carbocycles. The topological polar surface area (TPSA) is 79.2 Å². The third kappa shape index (κ3) is 6.58. The molecule has 2 aromatic rings. The molecule has 138 valence electrons. The molecule has 0 aromatic heterocycles. The van der Waals surface area contributed by atoms with Crippen LogP contribution in [0.25, 0.3) is 0 Å². The van der Waals surface area contributed by atoms with Crippen molar-refractivity contribution >= 4 is 11.6 Å². The molecule has 26 heavy (non-hydrogen) atoms. The fourth-order valence-electron chi connectivity index (χ4n) is 1.95. The summed E-state index contributed by atoms with van der Waals surface area (Å²) >= 11 is 5.57. The fourth-order valence-corrected chi connectivity index (χ4v) is 2.03. The Hall–Kier alpha value is -2.23. The number of aliphatic hydroxyl groups excluding tert-OH is 3. The second-order valence-corrected chi connectivity index (χ2v) is 5.85. The van der Waals surface area contributed by atoms with Crippen LogP contribution in [0.1, 0.15) is 11.1 Å². The van der Waals surface area contributed by atoms with Crippen LogP contribution in [0.15, 0.2) is 48.5 Å². The lowest BCUT2D eigenvalue weighted by molar-refractivity contribution is 0.0536. The zero-order valence-corrected chi connectivity index (χ0v) is 14.9. The summed E-state index contributed by atoms with van der Waals surface area (Å²) in [6.07, 6.45) is -1.63. The van der Waals surface area contributed by atoms with Gasteiger partial charge in [-0.05, 0) is 36.4 Å².